The highest BCUT2D eigenvalue weighted by molar-refractivity contribution is 8.00. The second-order valence-corrected chi connectivity index (χ2v) is 7.80. The van der Waals surface area contributed by atoms with Gasteiger partial charge in [-0.1, -0.05) is 72.4 Å². The largest absolute Gasteiger partial charge is 0.352 e. The molecule has 1 saturated carbocycles. The van der Waals surface area contributed by atoms with Crippen LogP contribution in [0.2, 0.25) is 0 Å². The Bertz CT molecular complexity index is 904. The smallest absolute Gasteiger partial charge is 0.238 e. The van der Waals surface area contributed by atoms with E-state index >= 15 is 0 Å². The van der Waals surface area contributed by atoms with Gasteiger partial charge < -0.3 is 9.88 Å². The average Bonchev–Trinajstić information content (AvgIpc) is 3.43. The lowest BCUT2D eigenvalue weighted by Gasteiger charge is -2.17. The molecule has 138 valence electrons. The van der Waals surface area contributed by atoms with Gasteiger partial charge in [0.15, 0.2) is 5.16 Å². The molecule has 1 fully saturated rings. The summed E-state index contributed by atoms with van der Waals surface area (Å²) in [5.74, 6) is 0.0700. The van der Waals surface area contributed by atoms with E-state index in [1.807, 2.05) is 54.7 Å². The second kappa shape index (κ2) is 8.01. The lowest BCUT2D eigenvalue weighted by atomic mass is 10.1. The van der Waals surface area contributed by atoms with Crippen molar-refractivity contribution >= 4 is 17.7 Å². The molecule has 0 unspecified atom stereocenters. The summed E-state index contributed by atoms with van der Waals surface area (Å²) in [6.07, 6.45) is 4.07. The van der Waals surface area contributed by atoms with Crippen LogP contribution >= 0.6 is 11.8 Å². The zero-order chi connectivity index (χ0) is 18.6. The maximum Gasteiger partial charge on any atom is 0.238 e. The molecule has 27 heavy (non-hydrogen) atoms. The predicted molar refractivity (Wildman–Crippen MR) is 110 cm³/mol. The van der Waals surface area contributed by atoms with Gasteiger partial charge in [0.05, 0.1) is 11.9 Å². The molecule has 4 nitrogen and oxygen atoms in total. The molecule has 1 aliphatic rings. The summed E-state index contributed by atoms with van der Waals surface area (Å²) in [6, 6.07) is 20.6. The van der Waals surface area contributed by atoms with Gasteiger partial charge in [0.1, 0.15) is 5.25 Å². The third-order valence-corrected chi connectivity index (χ3v) is 5.95. The minimum atomic E-state index is -0.303. The minimum absolute atomic E-state index is 0.0700. The first-order valence-electron chi connectivity index (χ1n) is 9.39. The zero-order valence-electron chi connectivity index (χ0n) is 15.3. The molecule has 1 N–H and O–H groups in total. The van der Waals surface area contributed by atoms with Gasteiger partial charge in [-0.3, -0.25) is 4.79 Å². The topological polar surface area (TPSA) is 46.9 Å². The lowest BCUT2D eigenvalue weighted by Crippen LogP contribution is -2.30. The molecule has 0 saturated heterocycles. The van der Waals surface area contributed by atoms with Crippen LogP contribution < -0.4 is 5.32 Å². The van der Waals surface area contributed by atoms with Gasteiger partial charge in [0.25, 0.3) is 0 Å². The number of hydrogen-bond donors (Lipinski definition) is 1. The first-order valence-corrected chi connectivity index (χ1v) is 10.3. The molecule has 1 atom stereocenters. The first kappa shape index (κ1) is 17.9. The molecule has 2 aromatic carbocycles. The molecule has 3 aromatic rings. The van der Waals surface area contributed by atoms with Crippen LogP contribution in [0.4, 0.5) is 0 Å². The van der Waals surface area contributed by atoms with Crippen LogP contribution in [0.1, 0.15) is 30.6 Å². The number of rotatable bonds is 7. The SMILES string of the molecule is CCn1c(-c2ccccc2)cnc1S[C@H](C(=O)NC1CC1)c1ccccc1. The Morgan fingerprint density at radius 2 is 1.81 bits per heavy atom. The van der Waals surface area contributed by atoms with Crippen molar-refractivity contribution in [2.75, 3.05) is 0 Å². The monoisotopic (exact) mass is 377 g/mol. The van der Waals surface area contributed by atoms with E-state index in [1.165, 1.54) is 11.8 Å². The van der Waals surface area contributed by atoms with E-state index in [-0.39, 0.29) is 11.2 Å². The van der Waals surface area contributed by atoms with Crippen molar-refractivity contribution in [1.29, 1.82) is 0 Å². The van der Waals surface area contributed by atoms with Crippen LogP contribution in [0.3, 0.4) is 0 Å². The Labute approximate surface area is 164 Å². The average molecular weight is 378 g/mol. The molecule has 1 heterocycles. The van der Waals surface area contributed by atoms with E-state index in [4.69, 9.17) is 0 Å². The van der Waals surface area contributed by atoms with Gasteiger partial charge in [0.2, 0.25) is 5.91 Å². The van der Waals surface area contributed by atoms with Gasteiger partial charge >= 0.3 is 0 Å². The van der Waals surface area contributed by atoms with E-state index in [9.17, 15) is 4.79 Å². The highest BCUT2D eigenvalue weighted by atomic mass is 32.2. The summed E-state index contributed by atoms with van der Waals surface area (Å²) in [6.45, 7) is 2.91. The summed E-state index contributed by atoms with van der Waals surface area (Å²) >= 11 is 1.53. The fourth-order valence-electron chi connectivity index (χ4n) is 3.11. The quantitative estimate of drug-likeness (QED) is 0.608. The van der Waals surface area contributed by atoms with Crippen LogP contribution in [0, 0.1) is 0 Å². The Balaban J connectivity index is 1.65. The van der Waals surface area contributed by atoms with Crippen LogP contribution in [-0.4, -0.2) is 21.5 Å². The third kappa shape index (κ3) is 4.08. The van der Waals surface area contributed by atoms with Crippen molar-refractivity contribution in [3.8, 4) is 11.3 Å². The van der Waals surface area contributed by atoms with Crippen molar-refractivity contribution in [3.63, 3.8) is 0 Å². The molecule has 0 aliphatic heterocycles. The fourth-order valence-corrected chi connectivity index (χ4v) is 4.26. The zero-order valence-corrected chi connectivity index (χ0v) is 16.2. The van der Waals surface area contributed by atoms with Crippen LogP contribution in [0.5, 0.6) is 0 Å². The van der Waals surface area contributed by atoms with Crippen molar-refractivity contribution in [2.45, 2.75) is 42.8 Å². The molecular formula is C22H23N3OS. The van der Waals surface area contributed by atoms with E-state index in [1.54, 1.807) is 0 Å². The summed E-state index contributed by atoms with van der Waals surface area (Å²) in [5, 5.41) is 3.72. The fraction of sp³-hybridized carbons (Fsp3) is 0.273. The van der Waals surface area contributed by atoms with E-state index < -0.39 is 0 Å². The number of thioether (sulfide) groups is 1. The maximum absolute atomic E-state index is 12.9. The summed E-state index contributed by atoms with van der Waals surface area (Å²) in [5.41, 5.74) is 3.22. The molecule has 0 radical (unpaired) electrons. The summed E-state index contributed by atoms with van der Waals surface area (Å²) in [7, 11) is 0. The number of nitrogens with zero attached hydrogens (tertiary/aromatic N) is 2. The normalized spacial score (nSPS) is 14.7. The first-order chi connectivity index (χ1) is 13.3. The molecule has 1 aliphatic carbocycles. The van der Waals surface area contributed by atoms with E-state index in [0.29, 0.717) is 6.04 Å². The summed E-state index contributed by atoms with van der Waals surface area (Å²) in [4.78, 5) is 17.6. The van der Waals surface area contributed by atoms with Crippen molar-refractivity contribution in [2.24, 2.45) is 0 Å². The number of nitrogens with one attached hydrogen (secondary N) is 1. The number of imidazole rings is 1. The number of carbonyl (C=O) groups is 1. The molecule has 1 amide bonds. The van der Waals surface area contributed by atoms with Crippen molar-refractivity contribution < 1.29 is 4.79 Å². The molecule has 0 spiro atoms. The van der Waals surface area contributed by atoms with Crippen molar-refractivity contribution in [3.05, 3.63) is 72.4 Å². The van der Waals surface area contributed by atoms with Gasteiger partial charge in [-0.05, 0) is 30.9 Å². The molecular weight excluding hydrogens is 354 g/mol. The second-order valence-electron chi connectivity index (χ2n) is 6.73. The minimum Gasteiger partial charge on any atom is -0.352 e. The number of benzene rings is 2. The van der Waals surface area contributed by atoms with Crippen molar-refractivity contribution in [1.82, 2.24) is 14.9 Å². The molecule has 5 heteroatoms. The van der Waals surface area contributed by atoms with Gasteiger partial charge in [0, 0.05) is 12.6 Å². The van der Waals surface area contributed by atoms with Gasteiger partial charge in [-0.15, -0.1) is 0 Å². The lowest BCUT2D eigenvalue weighted by molar-refractivity contribution is -0.120. The Kier molecular flexibility index (Phi) is 5.30. The number of amides is 1. The molecule has 4 rings (SSSR count). The molecule has 1 aromatic heterocycles. The Morgan fingerprint density at radius 1 is 1.15 bits per heavy atom. The Hall–Kier alpha value is -2.53. The van der Waals surface area contributed by atoms with Crippen LogP contribution in [-0.2, 0) is 11.3 Å². The maximum atomic E-state index is 12.9. The van der Waals surface area contributed by atoms with Crippen LogP contribution in [0.15, 0.2) is 72.0 Å². The highest BCUT2D eigenvalue weighted by Crippen LogP contribution is 2.37. The molecule has 0 bridgehead atoms. The third-order valence-electron chi connectivity index (χ3n) is 4.69. The predicted octanol–water partition coefficient (Wildman–Crippen LogP) is 4.68. The summed E-state index contributed by atoms with van der Waals surface area (Å²) < 4.78 is 2.18. The highest BCUT2D eigenvalue weighted by Gasteiger charge is 2.30. The number of aromatic nitrogens is 2. The van der Waals surface area contributed by atoms with Gasteiger partial charge in [-0.25, -0.2) is 4.98 Å². The van der Waals surface area contributed by atoms with Gasteiger partial charge in [-0.2, -0.15) is 0 Å². The number of carbonyl (C=O) groups excluding carboxylic acids is 1. The van der Waals surface area contributed by atoms with E-state index in [2.05, 4.69) is 33.9 Å². The van der Waals surface area contributed by atoms with E-state index in [0.717, 1.165) is 41.4 Å². The Morgan fingerprint density at radius 3 is 2.44 bits per heavy atom. The number of hydrogen-bond acceptors (Lipinski definition) is 3. The van der Waals surface area contributed by atoms with Crippen LogP contribution in [0.25, 0.3) is 11.3 Å². The standard InChI is InChI=1S/C22H23N3OS/c1-2-25-19(16-9-5-3-6-10-16)15-23-22(25)27-20(17-11-7-4-8-12-17)21(26)24-18-13-14-18/h3-12,15,18,20H,2,13-14H2,1H3,(H,24,26)/t20-/m0/s1.